The molecule has 0 spiro atoms. The molecule has 0 aliphatic rings. The van der Waals surface area contributed by atoms with Gasteiger partial charge in [0.15, 0.2) is 0 Å². The Morgan fingerprint density at radius 2 is 1.94 bits per heavy atom. The minimum Gasteiger partial charge on any atom is -0.466 e. The molecule has 106 valence electrons. The number of amides is 1. The van der Waals surface area contributed by atoms with Crippen LogP contribution in [0.3, 0.4) is 0 Å². The topological polar surface area (TPSA) is 84.9 Å². The van der Waals surface area contributed by atoms with Gasteiger partial charge in [0.1, 0.15) is 5.60 Å². The highest BCUT2D eigenvalue weighted by atomic mass is 16.6. The average molecular weight is 261 g/mol. The van der Waals surface area contributed by atoms with Crippen molar-refractivity contribution in [2.24, 2.45) is 5.92 Å². The van der Waals surface area contributed by atoms with E-state index >= 15 is 0 Å². The summed E-state index contributed by atoms with van der Waals surface area (Å²) in [5.41, 5.74) is -0.554. The molecule has 18 heavy (non-hydrogen) atoms. The number of carbonyl (C=O) groups is 2. The van der Waals surface area contributed by atoms with E-state index in [2.05, 4.69) is 5.32 Å². The van der Waals surface area contributed by atoms with Crippen LogP contribution in [0.4, 0.5) is 4.79 Å². The molecular formula is C12H23NO5. The zero-order chi connectivity index (χ0) is 14.2. The highest BCUT2D eigenvalue weighted by Gasteiger charge is 2.20. The molecule has 1 amide bonds. The highest BCUT2D eigenvalue weighted by Crippen LogP contribution is 2.07. The van der Waals surface area contributed by atoms with Gasteiger partial charge in [-0.3, -0.25) is 4.79 Å². The number of alkyl carbamates (subject to hydrolysis) is 1. The zero-order valence-electron chi connectivity index (χ0n) is 11.5. The van der Waals surface area contributed by atoms with Crippen LogP contribution in [0.5, 0.6) is 0 Å². The maximum absolute atomic E-state index is 11.4. The molecule has 0 saturated heterocycles. The lowest BCUT2D eigenvalue weighted by Crippen LogP contribution is -2.34. The average Bonchev–Trinajstić information content (AvgIpc) is 2.22. The van der Waals surface area contributed by atoms with Crippen LogP contribution in [0.25, 0.3) is 0 Å². The predicted molar refractivity (Wildman–Crippen MR) is 66.1 cm³/mol. The summed E-state index contributed by atoms with van der Waals surface area (Å²) in [7, 11) is 0. The van der Waals surface area contributed by atoms with E-state index in [0.717, 1.165) is 0 Å². The number of ether oxygens (including phenoxy) is 2. The Morgan fingerprint density at radius 1 is 1.33 bits per heavy atom. The van der Waals surface area contributed by atoms with Gasteiger partial charge in [-0.1, -0.05) is 0 Å². The van der Waals surface area contributed by atoms with Crippen molar-refractivity contribution in [3.05, 3.63) is 0 Å². The fourth-order valence-electron chi connectivity index (χ4n) is 1.21. The maximum atomic E-state index is 11.4. The molecule has 0 saturated carbocycles. The summed E-state index contributed by atoms with van der Waals surface area (Å²) in [6.07, 6.45) is -0.225. The molecule has 0 radical (unpaired) electrons. The summed E-state index contributed by atoms with van der Waals surface area (Å²) in [5.74, 6) is -1.06. The highest BCUT2D eigenvalue weighted by molar-refractivity contribution is 5.72. The first-order valence-corrected chi connectivity index (χ1v) is 6.04. The molecule has 1 unspecified atom stereocenters. The smallest absolute Gasteiger partial charge is 0.407 e. The van der Waals surface area contributed by atoms with Crippen molar-refractivity contribution in [1.29, 1.82) is 0 Å². The maximum Gasteiger partial charge on any atom is 0.407 e. The molecule has 0 aromatic rings. The first kappa shape index (κ1) is 16.7. The van der Waals surface area contributed by atoms with Crippen molar-refractivity contribution in [3.8, 4) is 0 Å². The number of rotatable bonds is 6. The van der Waals surface area contributed by atoms with Gasteiger partial charge in [-0.05, 0) is 34.1 Å². The number of aliphatic hydroxyl groups is 1. The van der Waals surface area contributed by atoms with Gasteiger partial charge in [0.2, 0.25) is 0 Å². The Bertz CT molecular complexity index is 272. The van der Waals surface area contributed by atoms with E-state index in [1.165, 1.54) is 0 Å². The molecule has 1 atom stereocenters. The van der Waals surface area contributed by atoms with Crippen LogP contribution in [0.15, 0.2) is 0 Å². The molecule has 0 rings (SSSR count). The zero-order valence-corrected chi connectivity index (χ0v) is 11.5. The number of nitrogens with one attached hydrogen (secondary N) is 1. The van der Waals surface area contributed by atoms with Crippen LogP contribution < -0.4 is 5.32 Å². The van der Waals surface area contributed by atoms with E-state index in [4.69, 9.17) is 14.6 Å². The van der Waals surface area contributed by atoms with Gasteiger partial charge in [-0.2, -0.15) is 0 Å². The number of carbonyl (C=O) groups excluding carboxylic acids is 2. The second kappa shape index (κ2) is 7.92. The number of hydrogen-bond donors (Lipinski definition) is 2. The predicted octanol–water partition coefficient (Wildman–Crippen LogP) is 1.07. The fraction of sp³-hybridized carbons (Fsp3) is 0.833. The van der Waals surface area contributed by atoms with E-state index in [9.17, 15) is 9.59 Å². The molecule has 0 aromatic carbocycles. The monoisotopic (exact) mass is 261 g/mol. The summed E-state index contributed by atoms with van der Waals surface area (Å²) in [6, 6.07) is 0. The molecule has 2 N–H and O–H groups in total. The third-order valence-corrected chi connectivity index (χ3v) is 2.00. The molecule has 6 heteroatoms. The summed E-state index contributed by atoms with van der Waals surface area (Å²) in [4.78, 5) is 22.7. The van der Waals surface area contributed by atoms with E-state index in [1.54, 1.807) is 27.7 Å². The quantitative estimate of drug-likeness (QED) is 0.699. The van der Waals surface area contributed by atoms with Crippen LogP contribution >= 0.6 is 0 Å². The van der Waals surface area contributed by atoms with Gasteiger partial charge in [0, 0.05) is 6.54 Å². The molecule has 0 bridgehead atoms. The Hall–Kier alpha value is -1.30. The van der Waals surface area contributed by atoms with Crippen LogP contribution in [0.1, 0.15) is 34.1 Å². The third-order valence-electron chi connectivity index (χ3n) is 2.00. The van der Waals surface area contributed by atoms with Crippen LogP contribution in [-0.2, 0) is 14.3 Å². The summed E-state index contributed by atoms with van der Waals surface area (Å²) >= 11 is 0. The van der Waals surface area contributed by atoms with E-state index in [0.29, 0.717) is 6.42 Å². The third kappa shape index (κ3) is 7.89. The Kier molecular flexibility index (Phi) is 7.35. The first-order chi connectivity index (χ1) is 8.30. The van der Waals surface area contributed by atoms with Gasteiger partial charge in [-0.15, -0.1) is 0 Å². The lowest BCUT2D eigenvalue weighted by atomic mass is 10.1. The van der Waals surface area contributed by atoms with Crippen LogP contribution in [0, 0.1) is 5.92 Å². The fourth-order valence-corrected chi connectivity index (χ4v) is 1.21. The van der Waals surface area contributed by atoms with Crippen molar-refractivity contribution in [3.63, 3.8) is 0 Å². The summed E-state index contributed by atoms with van der Waals surface area (Å²) in [6.45, 7) is 7.22. The molecule has 0 aliphatic heterocycles. The van der Waals surface area contributed by atoms with Gasteiger partial charge in [-0.25, -0.2) is 4.79 Å². The Morgan fingerprint density at radius 3 is 2.39 bits per heavy atom. The van der Waals surface area contributed by atoms with E-state index < -0.39 is 23.6 Å². The van der Waals surface area contributed by atoms with Crippen molar-refractivity contribution in [2.45, 2.75) is 39.7 Å². The van der Waals surface area contributed by atoms with E-state index in [1.807, 2.05) is 0 Å². The van der Waals surface area contributed by atoms with Gasteiger partial charge < -0.3 is 19.9 Å². The van der Waals surface area contributed by atoms with Crippen LogP contribution in [0.2, 0.25) is 0 Å². The van der Waals surface area contributed by atoms with Crippen molar-refractivity contribution < 1.29 is 24.2 Å². The lowest BCUT2D eigenvalue weighted by Gasteiger charge is -2.20. The Labute approximate surface area is 108 Å². The first-order valence-electron chi connectivity index (χ1n) is 6.04. The van der Waals surface area contributed by atoms with E-state index in [-0.39, 0.29) is 19.8 Å². The second-order valence-corrected chi connectivity index (χ2v) is 4.85. The second-order valence-electron chi connectivity index (χ2n) is 4.85. The lowest BCUT2D eigenvalue weighted by molar-refractivity contribution is -0.149. The molecule has 0 heterocycles. The SMILES string of the molecule is CCOC(=O)C(CO)CCNC(=O)OC(C)(C)C. The van der Waals surface area contributed by atoms with Crippen molar-refractivity contribution >= 4 is 12.1 Å². The number of esters is 1. The molecule has 6 nitrogen and oxygen atoms in total. The van der Waals surface area contributed by atoms with Gasteiger partial charge in [0.05, 0.1) is 19.1 Å². The van der Waals surface area contributed by atoms with Crippen molar-refractivity contribution in [2.75, 3.05) is 19.8 Å². The van der Waals surface area contributed by atoms with Gasteiger partial charge >= 0.3 is 12.1 Å². The summed E-state index contributed by atoms with van der Waals surface area (Å²) < 4.78 is 9.82. The standard InChI is InChI=1S/C12H23NO5/c1-5-17-10(15)9(8-14)6-7-13-11(16)18-12(2,3)4/h9,14H,5-8H2,1-4H3,(H,13,16). The van der Waals surface area contributed by atoms with Crippen LogP contribution in [-0.4, -0.2) is 42.5 Å². The normalized spacial score (nSPS) is 12.7. The minimum absolute atomic E-state index is 0.249. The summed E-state index contributed by atoms with van der Waals surface area (Å²) in [5, 5.41) is 11.6. The molecular weight excluding hydrogens is 238 g/mol. The number of aliphatic hydroxyl groups excluding tert-OH is 1. The largest absolute Gasteiger partial charge is 0.466 e. The van der Waals surface area contributed by atoms with Crippen molar-refractivity contribution in [1.82, 2.24) is 5.32 Å². The molecule has 0 aromatic heterocycles. The Balaban J connectivity index is 3.94. The molecule has 0 fully saturated rings. The number of hydrogen-bond acceptors (Lipinski definition) is 5. The van der Waals surface area contributed by atoms with Gasteiger partial charge in [0.25, 0.3) is 0 Å². The minimum atomic E-state index is -0.611. The molecule has 0 aliphatic carbocycles.